The molecule has 5 nitrogen and oxygen atoms in total. The highest BCUT2D eigenvalue weighted by Crippen LogP contribution is 2.22. The monoisotopic (exact) mass is 436 g/mol. The summed E-state index contributed by atoms with van der Waals surface area (Å²) < 4.78 is 0.766. The largest absolute Gasteiger partial charge is 0.383 e. The van der Waals surface area contributed by atoms with Crippen LogP contribution in [-0.2, 0) is 6.54 Å². The number of nitrogens with zero attached hydrogens (tertiary/aromatic N) is 1. The molecule has 0 spiro atoms. The van der Waals surface area contributed by atoms with E-state index >= 15 is 0 Å². The number of hydrogen-bond acceptors (Lipinski definition) is 4. The van der Waals surface area contributed by atoms with E-state index in [0.717, 1.165) is 40.8 Å². The molecule has 28 heavy (non-hydrogen) atoms. The summed E-state index contributed by atoms with van der Waals surface area (Å²) in [5, 5.41) is 9.82. The van der Waals surface area contributed by atoms with Crippen LogP contribution < -0.4 is 16.0 Å². The summed E-state index contributed by atoms with van der Waals surface area (Å²) in [5.74, 6) is -0.161. The maximum Gasteiger partial charge on any atom is 0.256 e. The molecule has 0 saturated heterocycles. The Morgan fingerprint density at radius 3 is 3.00 bits per heavy atom. The highest BCUT2D eigenvalue weighted by atomic mass is 79.9. The fraction of sp³-hybridized carbons (Fsp3) is 0.182. The minimum Gasteiger partial charge on any atom is -0.383 e. The van der Waals surface area contributed by atoms with Crippen LogP contribution in [0, 0.1) is 0 Å². The van der Waals surface area contributed by atoms with Crippen LogP contribution in [-0.4, -0.2) is 17.4 Å². The van der Waals surface area contributed by atoms with Crippen molar-refractivity contribution in [2.75, 3.05) is 11.9 Å². The number of allylic oxidation sites excluding steroid dienone is 4. The molecule has 0 atom stereocenters. The summed E-state index contributed by atoms with van der Waals surface area (Å²) in [7, 11) is 0. The summed E-state index contributed by atoms with van der Waals surface area (Å²) in [6.45, 7) is 1.42. The van der Waals surface area contributed by atoms with Crippen LogP contribution in [0.15, 0.2) is 70.6 Å². The molecule has 4 rings (SSSR count). The number of amides is 1. The van der Waals surface area contributed by atoms with Crippen LogP contribution in [0.3, 0.4) is 0 Å². The Hall–Kier alpha value is -2.86. The zero-order valence-corrected chi connectivity index (χ0v) is 16.9. The van der Waals surface area contributed by atoms with Gasteiger partial charge in [-0.05, 0) is 59.1 Å². The zero-order chi connectivity index (χ0) is 19.3. The average molecular weight is 437 g/mol. The standard InChI is InChI=1S/C22H21BrN4O/c23-20-9-5-4-8-19(20)22(28)27-18-11-15-10-17(25-14-21(15)26-13-18)12-24-16-6-2-1-3-7-16/h1-2,4-6,8-11,13,24-25H,3,7,12,14H2,(H,27,28). The average Bonchev–Trinajstić information content (AvgIpc) is 2.73. The Balaban J connectivity index is 1.46. The number of rotatable bonds is 5. The Morgan fingerprint density at radius 2 is 2.18 bits per heavy atom. The molecule has 1 amide bonds. The molecule has 0 unspecified atom stereocenters. The van der Waals surface area contributed by atoms with Crippen LogP contribution in [0.4, 0.5) is 5.69 Å². The van der Waals surface area contributed by atoms with E-state index in [-0.39, 0.29) is 5.91 Å². The van der Waals surface area contributed by atoms with Crippen molar-refractivity contribution >= 4 is 33.6 Å². The molecule has 0 saturated carbocycles. The molecule has 2 aliphatic rings. The number of benzene rings is 1. The molecular weight excluding hydrogens is 416 g/mol. The van der Waals surface area contributed by atoms with Gasteiger partial charge in [0.25, 0.3) is 5.91 Å². The molecule has 142 valence electrons. The minimum atomic E-state index is -0.161. The predicted molar refractivity (Wildman–Crippen MR) is 116 cm³/mol. The molecule has 0 fully saturated rings. The molecule has 2 heterocycles. The first-order chi connectivity index (χ1) is 13.7. The zero-order valence-electron chi connectivity index (χ0n) is 15.3. The van der Waals surface area contributed by atoms with E-state index in [9.17, 15) is 4.79 Å². The van der Waals surface area contributed by atoms with Gasteiger partial charge in [0, 0.05) is 21.4 Å². The first kappa shape index (κ1) is 18.5. The van der Waals surface area contributed by atoms with E-state index in [0.29, 0.717) is 17.8 Å². The van der Waals surface area contributed by atoms with Crippen molar-refractivity contribution in [1.82, 2.24) is 15.6 Å². The second kappa shape index (κ2) is 8.44. The molecule has 3 N–H and O–H groups in total. The SMILES string of the molecule is O=C(Nc1cnc2c(c1)C=C(CNC1=CC=CCC1)NC2)c1ccccc1Br. The third-order valence-corrected chi connectivity index (χ3v) is 5.40. The van der Waals surface area contributed by atoms with Gasteiger partial charge in [-0.15, -0.1) is 0 Å². The number of hydrogen-bond donors (Lipinski definition) is 3. The first-order valence-electron chi connectivity index (χ1n) is 9.28. The molecular formula is C22H21BrN4O. The molecule has 1 aromatic carbocycles. The quantitative estimate of drug-likeness (QED) is 0.650. The summed E-state index contributed by atoms with van der Waals surface area (Å²) >= 11 is 3.42. The molecule has 1 aliphatic heterocycles. The summed E-state index contributed by atoms with van der Waals surface area (Å²) in [4.78, 5) is 17.0. The fourth-order valence-electron chi connectivity index (χ4n) is 3.20. The molecule has 1 aliphatic carbocycles. The van der Waals surface area contributed by atoms with Gasteiger partial charge >= 0.3 is 0 Å². The van der Waals surface area contributed by atoms with Crippen molar-refractivity contribution < 1.29 is 4.79 Å². The number of carbonyl (C=O) groups is 1. The summed E-state index contributed by atoms with van der Waals surface area (Å²) in [6.07, 6.45) is 12.3. The fourth-order valence-corrected chi connectivity index (χ4v) is 3.67. The lowest BCUT2D eigenvalue weighted by Crippen LogP contribution is -2.28. The molecule has 0 radical (unpaired) electrons. The van der Waals surface area contributed by atoms with Gasteiger partial charge in [-0.3, -0.25) is 9.78 Å². The second-order valence-electron chi connectivity index (χ2n) is 6.73. The van der Waals surface area contributed by atoms with Crippen molar-refractivity contribution in [2.45, 2.75) is 19.4 Å². The van der Waals surface area contributed by atoms with E-state index < -0.39 is 0 Å². The van der Waals surface area contributed by atoms with E-state index in [4.69, 9.17) is 0 Å². The van der Waals surface area contributed by atoms with E-state index in [1.165, 1.54) is 5.70 Å². The lowest BCUT2D eigenvalue weighted by atomic mass is 10.1. The number of carbonyl (C=O) groups excluding carboxylic acids is 1. The van der Waals surface area contributed by atoms with E-state index in [2.05, 4.69) is 61.2 Å². The third-order valence-electron chi connectivity index (χ3n) is 4.71. The number of nitrogens with one attached hydrogen (secondary N) is 3. The van der Waals surface area contributed by atoms with Gasteiger partial charge in [0.1, 0.15) is 0 Å². The minimum absolute atomic E-state index is 0.161. The lowest BCUT2D eigenvalue weighted by molar-refractivity contribution is 0.102. The normalized spacial score (nSPS) is 15.0. The number of pyridine rings is 1. The molecule has 2 aromatic rings. The second-order valence-corrected chi connectivity index (χ2v) is 7.58. The summed E-state index contributed by atoms with van der Waals surface area (Å²) in [5.41, 5.74) is 5.64. The van der Waals surface area contributed by atoms with Crippen molar-refractivity contribution in [1.29, 1.82) is 0 Å². The Morgan fingerprint density at radius 1 is 1.29 bits per heavy atom. The molecule has 1 aromatic heterocycles. The van der Waals surface area contributed by atoms with Crippen molar-refractivity contribution in [3.05, 3.63) is 87.4 Å². The molecule has 6 heteroatoms. The number of fused-ring (bicyclic) bond motifs is 1. The Bertz CT molecular complexity index is 994. The number of anilines is 1. The maximum atomic E-state index is 12.5. The van der Waals surface area contributed by atoms with Gasteiger partial charge in [-0.1, -0.05) is 24.3 Å². The van der Waals surface area contributed by atoms with Crippen LogP contribution >= 0.6 is 15.9 Å². The first-order valence-corrected chi connectivity index (χ1v) is 10.1. The van der Waals surface area contributed by atoms with Crippen molar-refractivity contribution in [3.8, 4) is 0 Å². The van der Waals surface area contributed by atoms with E-state index in [1.54, 1.807) is 12.3 Å². The van der Waals surface area contributed by atoms with Crippen LogP contribution in [0.25, 0.3) is 6.08 Å². The number of aromatic nitrogens is 1. The van der Waals surface area contributed by atoms with Gasteiger partial charge in [0.05, 0.1) is 36.2 Å². The van der Waals surface area contributed by atoms with Crippen LogP contribution in [0.5, 0.6) is 0 Å². The highest BCUT2D eigenvalue weighted by molar-refractivity contribution is 9.10. The van der Waals surface area contributed by atoms with Gasteiger partial charge < -0.3 is 16.0 Å². The highest BCUT2D eigenvalue weighted by Gasteiger charge is 2.14. The van der Waals surface area contributed by atoms with Crippen LogP contribution in [0.2, 0.25) is 0 Å². The van der Waals surface area contributed by atoms with Crippen LogP contribution in [0.1, 0.15) is 34.5 Å². The Kier molecular flexibility index (Phi) is 5.58. The summed E-state index contributed by atoms with van der Waals surface area (Å²) in [6, 6.07) is 9.34. The number of halogens is 1. The van der Waals surface area contributed by atoms with Gasteiger partial charge in [-0.25, -0.2) is 0 Å². The lowest BCUT2D eigenvalue weighted by Gasteiger charge is -2.21. The smallest absolute Gasteiger partial charge is 0.256 e. The van der Waals surface area contributed by atoms with Gasteiger partial charge in [-0.2, -0.15) is 0 Å². The van der Waals surface area contributed by atoms with Gasteiger partial charge in [0.15, 0.2) is 0 Å². The predicted octanol–water partition coefficient (Wildman–Crippen LogP) is 4.36. The maximum absolute atomic E-state index is 12.5. The van der Waals surface area contributed by atoms with E-state index in [1.807, 2.05) is 24.3 Å². The third kappa shape index (κ3) is 4.34. The van der Waals surface area contributed by atoms with Crippen molar-refractivity contribution in [3.63, 3.8) is 0 Å². The molecule has 0 bridgehead atoms. The Labute approximate surface area is 172 Å². The van der Waals surface area contributed by atoms with Gasteiger partial charge in [0.2, 0.25) is 0 Å². The van der Waals surface area contributed by atoms with Crippen molar-refractivity contribution in [2.24, 2.45) is 0 Å². The topological polar surface area (TPSA) is 66.0 Å².